The van der Waals surface area contributed by atoms with Crippen molar-refractivity contribution in [2.45, 2.75) is 19.8 Å². The summed E-state index contributed by atoms with van der Waals surface area (Å²) in [4.78, 5) is 0. The molecule has 0 amide bonds. The third-order valence-electron chi connectivity index (χ3n) is 1.81. The average Bonchev–Trinajstić information content (AvgIpc) is 2.07. The minimum atomic E-state index is -0.261. The van der Waals surface area contributed by atoms with Crippen molar-refractivity contribution in [2.24, 2.45) is 0 Å². The van der Waals surface area contributed by atoms with Crippen LogP contribution in [-0.2, 0) is 6.42 Å². The van der Waals surface area contributed by atoms with Crippen LogP contribution in [0.1, 0.15) is 18.9 Å². The maximum absolute atomic E-state index is 12.5. The zero-order valence-corrected chi connectivity index (χ0v) is 8.10. The maximum Gasteiger partial charge on any atom is 0.123 e. The van der Waals surface area contributed by atoms with Crippen LogP contribution in [0.25, 0.3) is 0 Å². The Kier molecular flexibility index (Phi) is 3.51. The Hall–Kier alpha value is -1.51. The van der Waals surface area contributed by atoms with Crippen molar-refractivity contribution in [1.29, 1.82) is 10.8 Å². The van der Waals surface area contributed by atoms with Crippen LogP contribution in [0.2, 0.25) is 0 Å². The second-order valence-corrected chi connectivity index (χ2v) is 3.36. The highest BCUT2D eigenvalue weighted by molar-refractivity contribution is 6.01. The van der Waals surface area contributed by atoms with Gasteiger partial charge in [0, 0.05) is 24.3 Å². The Balaban J connectivity index is 2.56. The normalized spacial score (nSPS) is 9.86. The number of halogens is 1. The van der Waals surface area contributed by atoms with Crippen LogP contribution in [-0.4, -0.2) is 11.4 Å². The van der Waals surface area contributed by atoms with Gasteiger partial charge in [0.25, 0.3) is 0 Å². The molecule has 0 spiro atoms. The van der Waals surface area contributed by atoms with Crippen LogP contribution in [0.5, 0.6) is 0 Å². The minimum absolute atomic E-state index is 0.261. The van der Waals surface area contributed by atoms with Crippen LogP contribution < -0.4 is 0 Å². The standard InChI is InChI=1S/C11H13FN2/c1-8(13)6-11(14)7-9-2-4-10(12)5-3-9/h2-5,13-14H,6-7H2,1H3. The summed E-state index contributed by atoms with van der Waals surface area (Å²) in [6.07, 6.45) is 0.897. The smallest absolute Gasteiger partial charge is 0.123 e. The largest absolute Gasteiger partial charge is 0.310 e. The molecule has 0 aliphatic carbocycles. The molecule has 74 valence electrons. The number of nitrogens with one attached hydrogen (secondary N) is 2. The van der Waals surface area contributed by atoms with Gasteiger partial charge in [-0.15, -0.1) is 0 Å². The van der Waals surface area contributed by atoms with Crippen LogP contribution >= 0.6 is 0 Å². The molecule has 1 rings (SSSR count). The Morgan fingerprint density at radius 2 is 1.79 bits per heavy atom. The molecule has 0 saturated heterocycles. The van der Waals surface area contributed by atoms with Crippen LogP contribution in [0.4, 0.5) is 4.39 Å². The second-order valence-electron chi connectivity index (χ2n) is 3.36. The van der Waals surface area contributed by atoms with Crippen LogP contribution in [0, 0.1) is 16.6 Å². The lowest BCUT2D eigenvalue weighted by atomic mass is 10.0. The monoisotopic (exact) mass is 192 g/mol. The fourth-order valence-electron chi connectivity index (χ4n) is 1.23. The third-order valence-corrected chi connectivity index (χ3v) is 1.81. The highest BCUT2D eigenvalue weighted by Gasteiger charge is 2.00. The molecular formula is C11H13FN2. The molecule has 2 N–H and O–H groups in total. The Morgan fingerprint density at radius 1 is 1.21 bits per heavy atom. The molecule has 0 saturated carbocycles. The van der Waals surface area contributed by atoms with E-state index in [1.54, 1.807) is 19.1 Å². The third kappa shape index (κ3) is 3.47. The van der Waals surface area contributed by atoms with Crippen LogP contribution in [0.15, 0.2) is 24.3 Å². The van der Waals surface area contributed by atoms with Gasteiger partial charge in [-0.3, -0.25) is 0 Å². The lowest BCUT2D eigenvalue weighted by Crippen LogP contribution is -2.06. The summed E-state index contributed by atoms with van der Waals surface area (Å²) in [6, 6.07) is 6.12. The van der Waals surface area contributed by atoms with E-state index in [1.165, 1.54) is 12.1 Å². The highest BCUT2D eigenvalue weighted by atomic mass is 19.1. The molecular weight excluding hydrogens is 179 g/mol. The van der Waals surface area contributed by atoms with Gasteiger partial charge in [-0.25, -0.2) is 4.39 Å². The topological polar surface area (TPSA) is 47.7 Å². The average molecular weight is 192 g/mol. The molecule has 0 aliphatic rings. The van der Waals surface area contributed by atoms with Gasteiger partial charge in [-0.1, -0.05) is 12.1 Å². The van der Waals surface area contributed by atoms with Crippen LogP contribution in [0.3, 0.4) is 0 Å². The van der Waals surface area contributed by atoms with E-state index in [9.17, 15) is 4.39 Å². The SMILES string of the molecule is CC(=N)CC(=N)Cc1ccc(F)cc1. The van der Waals surface area contributed by atoms with Gasteiger partial charge in [-0.2, -0.15) is 0 Å². The summed E-state index contributed by atoms with van der Waals surface area (Å²) < 4.78 is 12.5. The Morgan fingerprint density at radius 3 is 2.29 bits per heavy atom. The van der Waals surface area contributed by atoms with Crippen molar-refractivity contribution in [3.63, 3.8) is 0 Å². The van der Waals surface area contributed by atoms with E-state index in [1.807, 2.05) is 0 Å². The minimum Gasteiger partial charge on any atom is -0.310 e. The number of hydrogen-bond donors (Lipinski definition) is 2. The summed E-state index contributed by atoms with van der Waals surface area (Å²) in [5.41, 5.74) is 1.89. The summed E-state index contributed by atoms with van der Waals surface area (Å²) in [7, 11) is 0. The molecule has 0 aromatic heterocycles. The molecule has 0 bridgehead atoms. The van der Waals surface area contributed by atoms with Gasteiger partial charge in [0.2, 0.25) is 0 Å². The molecule has 0 aliphatic heterocycles. The summed E-state index contributed by atoms with van der Waals surface area (Å²) in [5.74, 6) is -0.261. The van der Waals surface area contributed by atoms with Crippen molar-refractivity contribution in [1.82, 2.24) is 0 Å². The fraction of sp³-hybridized carbons (Fsp3) is 0.273. The van der Waals surface area contributed by atoms with Gasteiger partial charge in [0.15, 0.2) is 0 Å². The first-order valence-corrected chi connectivity index (χ1v) is 4.42. The molecule has 0 heterocycles. The van der Waals surface area contributed by atoms with Gasteiger partial charge in [0.05, 0.1) is 0 Å². The summed E-state index contributed by atoms with van der Waals surface area (Å²) >= 11 is 0. The van der Waals surface area contributed by atoms with E-state index < -0.39 is 0 Å². The fourth-order valence-corrected chi connectivity index (χ4v) is 1.23. The molecule has 0 atom stereocenters. The molecule has 1 aromatic carbocycles. The van der Waals surface area contributed by atoms with Gasteiger partial charge in [-0.05, 0) is 24.6 Å². The lowest BCUT2D eigenvalue weighted by molar-refractivity contribution is 0.627. The molecule has 0 radical (unpaired) electrons. The Labute approximate surface area is 82.8 Å². The van der Waals surface area contributed by atoms with Crippen molar-refractivity contribution >= 4 is 11.4 Å². The van der Waals surface area contributed by atoms with E-state index in [2.05, 4.69) is 0 Å². The number of rotatable bonds is 4. The second kappa shape index (κ2) is 4.65. The maximum atomic E-state index is 12.5. The van der Waals surface area contributed by atoms with Crippen molar-refractivity contribution in [3.05, 3.63) is 35.6 Å². The highest BCUT2D eigenvalue weighted by Crippen LogP contribution is 2.05. The predicted octanol–water partition coefficient (Wildman–Crippen LogP) is 2.82. The zero-order chi connectivity index (χ0) is 10.6. The first kappa shape index (κ1) is 10.6. The first-order valence-electron chi connectivity index (χ1n) is 4.42. The molecule has 3 heteroatoms. The van der Waals surface area contributed by atoms with Gasteiger partial charge in [0.1, 0.15) is 5.82 Å². The molecule has 0 unspecified atom stereocenters. The van der Waals surface area contributed by atoms with E-state index in [0.717, 1.165) is 5.56 Å². The van der Waals surface area contributed by atoms with Crippen molar-refractivity contribution in [2.75, 3.05) is 0 Å². The van der Waals surface area contributed by atoms with Crippen molar-refractivity contribution < 1.29 is 4.39 Å². The van der Waals surface area contributed by atoms with E-state index in [0.29, 0.717) is 24.3 Å². The first-order chi connectivity index (χ1) is 6.58. The van der Waals surface area contributed by atoms with E-state index in [-0.39, 0.29) is 5.82 Å². The zero-order valence-electron chi connectivity index (χ0n) is 8.10. The Bertz CT molecular complexity index is 341. The number of hydrogen-bond acceptors (Lipinski definition) is 2. The van der Waals surface area contributed by atoms with Crippen molar-refractivity contribution in [3.8, 4) is 0 Å². The molecule has 2 nitrogen and oxygen atoms in total. The van der Waals surface area contributed by atoms with Gasteiger partial charge >= 0.3 is 0 Å². The lowest BCUT2D eigenvalue weighted by Gasteiger charge is -2.02. The van der Waals surface area contributed by atoms with E-state index >= 15 is 0 Å². The molecule has 0 fully saturated rings. The summed E-state index contributed by atoms with van der Waals surface area (Å²) in [6.45, 7) is 1.68. The summed E-state index contributed by atoms with van der Waals surface area (Å²) in [5, 5.41) is 14.8. The van der Waals surface area contributed by atoms with Gasteiger partial charge < -0.3 is 10.8 Å². The molecule has 1 aromatic rings. The quantitative estimate of drug-likeness (QED) is 0.689. The predicted molar refractivity (Wildman–Crippen MR) is 55.8 cm³/mol. The number of benzene rings is 1. The molecule has 14 heavy (non-hydrogen) atoms. The van der Waals surface area contributed by atoms with E-state index in [4.69, 9.17) is 10.8 Å².